The molecular formula is C17H29N3O3. The Kier molecular flexibility index (Phi) is 7.39. The summed E-state index contributed by atoms with van der Waals surface area (Å²) in [5.41, 5.74) is 0.753. The summed E-state index contributed by atoms with van der Waals surface area (Å²) in [6.07, 6.45) is 5.40. The fourth-order valence-electron chi connectivity index (χ4n) is 2.64. The van der Waals surface area contributed by atoms with Crippen LogP contribution in [0.1, 0.15) is 46.0 Å². The molecule has 2 rings (SSSR count). The number of morpholine rings is 1. The summed E-state index contributed by atoms with van der Waals surface area (Å²) in [7, 11) is 0. The van der Waals surface area contributed by atoms with Crippen molar-refractivity contribution in [1.29, 1.82) is 0 Å². The van der Waals surface area contributed by atoms with Gasteiger partial charge in [0.25, 0.3) is 11.4 Å². The lowest BCUT2D eigenvalue weighted by Gasteiger charge is -2.29. The van der Waals surface area contributed by atoms with Gasteiger partial charge in [-0.15, -0.1) is 5.10 Å². The highest BCUT2D eigenvalue weighted by Crippen LogP contribution is 2.25. The monoisotopic (exact) mass is 323 g/mol. The molecule has 0 atom stereocenters. The first-order valence-corrected chi connectivity index (χ1v) is 8.84. The van der Waals surface area contributed by atoms with Gasteiger partial charge in [0.1, 0.15) is 5.69 Å². The third-order valence-corrected chi connectivity index (χ3v) is 3.96. The molecule has 0 radical (unpaired) electrons. The van der Waals surface area contributed by atoms with E-state index in [4.69, 9.17) is 9.47 Å². The minimum atomic E-state index is -0.0492. The zero-order valence-electron chi connectivity index (χ0n) is 14.4. The predicted octanol–water partition coefficient (Wildman–Crippen LogP) is 2.45. The molecule has 1 aromatic heterocycles. The molecule has 0 unspecified atom stereocenters. The van der Waals surface area contributed by atoms with E-state index < -0.39 is 0 Å². The first kappa shape index (κ1) is 17.8. The SMILES string of the molecule is CCCCCCn1nc(OCCC)c(N2CCOCC2)cc1=O. The van der Waals surface area contributed by atoms with Crippen LogP contribution in [0.4, 0.5) is 5.69 Å². The maximum absolute atomic E-state index is 12.4. The van der Waals surface area contributed by atoms with Crippen molar-refractivity contribution in [2.75, 3.05) is 37.8 Å². The number of anilines is 1. The summed E-state index contributed by atoms with van der Waals surface area (Å²) < 4.78 is 12.7. The van der Waals surface area contributed by atoms with Gasteiger partial charge in [0.15, 0.2) is 0 Å². The lowest BCUT2D eigenvalue weighted by Crippen LogP contribution is -2.38. The minimum absolute atomic E-state index is 0.0492. The molecule has 0 amide bonds. The van der Waals surface area contributed by atoms with Crippen molar-refractivity contribution in [2.24, 2.45) is 0 Å². The average Bonchev–Trinajstić information content (AvgIpc) is 2.59. The number of nitrogens with zero attached hydrogens (tertiary/aromatic N) is 3. The highest BCUT2D eigenvalue weighted by atomic mass is 16.5. The van der Waals surface area contributed by atoms with Crippen molar-refractivity contribution in [3.63, 3.8) is 0 Å². The van der Waals surface area contributed by atoms with Crippen LogP contribution in [-0.4, -0.2) is 42.7 Å². The fourth-order valence-corrected chi connectivity index (χ4v) is 2.64. The molecule has 23 heavy (non-hydrogen) atoms. The summed E-state index contributed by atoms with van der Waals surface area (Å²) >= 11 is 0. The second-order valence-corrected chi connectivity index (χ2v) is 5.90. The van der Waals surface area contributed by atoms with Gasteiger partial charge in [0, 0.05) is 25.7 Å². The highest BCUT2D eigenvalue weighted by molar-refractivity contribution is 5.54. The molecule has 130 valence electrons. The van der Waals surface area contributed by atoms with Crippen molar-refractivity contribution in [3.8, 4) is 5.88 Å². The molecule has 2 heterocycles. The minimum Gasteiger partial charge on any atom is -0.475 e. The number of hydrogen-bond acceptors (Lipinski definition) is 5. The van der Waals surface area contributed by atoms with E-state index in [1.165, 1.54) is 12.8 Å². The molecule has 0 aromatic carbocycles. The van der Waals surface area contributed by atoms with E-state index in [1.54, 1.807) is 10.7 Å². The van der Waals surface area contributed by atoms with Crippen molar-refractivity contribution >= 4 is 5.69 Å². The van der Waals surface area contributed by atoms with Gasteiger partial charge in [-0.05, 0) is 12.8 Å². The van der Waals surface area contributed by atoms with E-state index in [0.29, 0.717) is 32.2 Å². The predicted molar refractivity (Wildman–Crippen MR) is 91.5 cm³/mol. The number of aryl methyl sites for hydroxylation is 1. The average molecular weight is 323 g/mol. The second kappa shape index (κ2) is 9.55. The van der Waals surface area contributed by atoms with Crippen LogP contribution in [0, 0.1) is 0 Å². The molecule has 1 aliphatic heterocycles. The first-order chi connectivity index (χ1) is 11.3. The Bertz CT molecular complexity index is 524. The van der Waals surface area contributed by atoms with Gasteiger partial charge in [0.2, 0.25) is 0 Å². The highest BCUT2D eigenvalue weighted by Gasteiger charge is 2.19. The molecule has 0 saturated carbocycles. The van der Waals surface area contributed by atoms with Crippen LogP contribution in [0.3, 0.4) is 0 Å². The number of unbranched alkanes of at least 4 members (excludes halogenated alkanes) is 3. The van der Waals surface area contributed by atoms with Gasteiger partial charge in [-0.2, -0.15) is 0 Å². The van der Waals surface area contributed by atoms with Gasteiger partial charge < -0.3 is 14.4 Å². The van der Waals surface area contributed by atoms with E-state index in [-0.39, 0.29) is 5.56 Å². The van der Waals surface area contributed by atoms with E-state index in [0.717, 1.165) is 38.0 Å². The number of aromatic nitrogens is 2. The molecule has 1 aromatic rings. The molecule has 0 aliphatic carbocycles. The molecule has 6 nitrogen and oxygen atoms in total. The van der Waals surface area contributed by atoms with Gasteiger partial charge in [-0.1, -0.05) is 33.1 Å². The van der Waals surface area contributed by atoms with Crippen LogP contribution >= 0.6 is 0 Å². The van der Waals surface area contributed by atoms with Crippen LogP contribution in [0.15, 0.2) is 10.9 Å². The Hall–Kier alpha value is -1.56. The maximum Gasteiger partial charge on any atom is 0.269 e. The molecule has 1 aliphatic rings. The lowest BCUT2D eigenvalue weighted by atomic mass is 10.2. The largest absolute Gasteiger partial charge is 0.475 e. The molecule has 1 saturated heterocycles. The van der Waals surface area contributed by atoms with Crippen LogP contribution in [-0.2, 0) is 11.3 Å². The standard InChI is InChI=1S/C17H29N3O3/c1-3-5-6-7-8-20-16(21)14-15(17(18-20)23-11-4-2)19-9-12-22-13-10-19/h14H,3-13H2,1-2H3. The van der Waals surface area contributed by atoms with Gasteiger partial charge in [-0.3, -0.25) is 4.79 Å². The Morgan fingerprint density at radius 1 is 1.17 bits per heavy atom. The third kappa shape index (κ3) is 5.23. The Morgan fingerprint density at radius 2 is 1.96 bits per heavy atom. The van der Waals surface area contributed by atoms with E-state index in [9.17, 15) is 4.79 Å². The molecular weight excluding hydrogens is 294 g/mol. The summed E-state index contributed by atoms with van der Waals surface area (Å²) in [5.74, 6) is 0.573. The topological polar surface area (TPSA) is 56.6 Å². The summed E-state index contributed by atoms with van der Waals surface area (Å²) in [4.78, 5) is 14.5. The fraction of sp³-hybridized carbons (Fsp3) is 0.765. The summed E-state index contributed by atoms with van der Waals surface area (Å²) in [6.45, 7) is 8.39. The number of hydrogen-bond donors (Lipinski definition) is 0. The van der Waals surface area contributed by atoms with Crippen LogP contribution in [0.25, 0.3) is 0 Å². The zero-order valence-corrected chi connectivity index (χ0v) is 14.4. The van der Waals surface area contributed by atoms with Gasteiger partial charge in [0.05, 0.1) is 19.8 Å². The molecule has 1 fully saturated rings. The summed E-state index contributed by atoms with van der Waals surface area (Å²) in [6, 6.07) is 1.67. The third-order valence-electron chi connectivity index (χ3n) is 3.96. The van der Waals surface area contributed by atoms with E-state index >= 15 is 0 Å². The van der Waals surface area contributed by atoms with E-state index in [1.807, 2.05) is 0 Å². The van der Waals surface area contributed by atoms with Crippen molar-refractivity contribution < 1.29 is 9.47 Å². The second-order valence-electron chi connectivity index (χ2n) is 5.90. The quantitative estimate of drug-likeness (QED) is 0.653. The Balaban J connectivity index is 2.16. The Morgan fingerprint density at radius 3 is 2.65 bits per heavy atom. The summed E-state index contributed by atoms with van der Waals surface area (Å²) in [5, 5.41) is 4.48. The molecule has 0 N–H and O–H groups in total. The van der Waals surface area contributed by atoms with Crippen molar-refractivity contribution in [2.45, 2.75) is 52.5 Å². The normalized spacial score (nSPS) is 15.0. The number of ether oxygens (including phenoxy) is 2. The molecule has 6 heteroatoms. The lowest BCUT2D eigenvalue weighted by molar-refractivity contribution is 0.122. The van der Waals surface area contributed by atoms with E-state index in [2.05, 4.69) is 23.8 Å². The van der Waals surface area contributed by atoms with Gasteiger partial charge in [-0.25, -0.2) is 4.68 Å². The van der Waals surface area contributed by atoms with Crippen molar-refractivity contribution in [1.82, 2.24) is 9.78 Å². The van der Waals surface area contributed by atoms with Crippen molar-refractivity contribution in [3.05, 3.63) is 16.4 Å². The molecule has 0 bridgehead atoms. The number of rotatable bonds is 9. The first-order valence-electron chi connectivity index (χ1n) is 8.84. The maximum atomic E-state index is 12.4. The van der Waals surface area contributed by atoms with Gasteiger partial charge >= 0.3 is 0 Å². The smallest absolute Gasteiger partial charge is 0.269 e. The molecule has 0 spiro atoms. The van der Waals surface area contributed by atoms with Crippen LogP contribution < -0.4 is 15.2 Å². The van der Waals surface area contributed by atoms with Crippen LogP contribution in [0.5, 0.6) is 5.88 Å². The Labute approximate surface area is 138 Å². The zero-order chi connectivity index (χ0) is 16.5. The van der Waals surface area contributed by atoms with Crippen LogP contribution in [0.2, 0.25) is 0 Å².